The number of benzene rings is 1. The van der Waals surface area contributed by atoms with Gasteiger partial charge in [-0.2, -0.15) is 0 Å². The van der Waals surface area contributed by atoms with Crippen LogP contribution in [0.2, 0.25) is 0 Å². The van der Waals surface area contributed by atoms with Gasteiger partial charge in [0.15, 0.2) is 5.96 Å². The summed E-state index contributed by atoms with van der Waals surface area (Å²) in [7, 11) is 0. The van der Waals surface area contributed by atoms with E-state index in [1.54, 1.807) is 0 Å². The van der Waals surface area contributed by atoms with E-state index in [9.17, 15) is 0 Å². The fourth-order valence-corrected chi connectivity index (χ4v) is 2.66. The van der Waals surface area contributed by atoms with Crippen molar-refractivity contribution in [3.63, 3.8) is 0 Å². The zero-order valence-electron chi connectivity index (χ0n) is 10.9. The number of guanidine groups is 1. The van der Waals surface area contributed by atoms with E-state index in [1.165, 1.54) is 5.56 Å². The largest absolute Gasteiger partial charge is 0.376 e. The monoisotopic (exact) mass is 258 g/mol. The quantitative estimate of drug-likeness (QED) is 0.690. The molecule has 2 heterocycles. The van der Waals surface area contributed by atoms with Gasteiger partial charge in [-0.05, 0) is 12.5 Å². The third kappa shape index (κ3) is 2.11. The number of ether oxygens (including phenoxy) is 1. The highest BCUT2D eigenvalue weighted by Gasteiger charge is 2.37. The molecule has 0 aliphatic carbocycles. The van der Waals surface area contributed by atoms with Crippen molar-refractivity contribution in [3.8, 4) is 0 Å². The van der Waals surface area contributed by atoms with Crippen LogP contribution in [0.1, 0.15) is 18.4 Å². The summed E-state index contributed by atoms with van der Waals surface area (Å²) in [5.41, 5.74) is 14.5. The van der Waals surface area contributed by atoms with Crippen LogP contribution in [0.3, 0.4) is 0 Å². The average Bonchev–Trinajstić information content (AvgIpc) is 2.38. The summed E-state index contributed by atoms with van der Waals surface area (Å²) in [6, 6.07) is 10.2. The minimum absolute atomic E-state index is 0.127. The van der Waals surface area contributed by atoms with Gasteiger partial charge in [0.1, 0.15) is 5.66 Å². The molecule has 0 saturated heterocycles. The summed E-state index contributed by atoms with van der Waals surface area (Å²) in [5.74, 6) is 0.494. The molecule has 2 aliphatic heterocycles. The lowest BCUT2D eigenvalue weighted by Gasteiger charge is -2.38. The Kier molecular flexibility index (Phi) is 2.80. The maximum atomic E-state index is 6.22. The molecule has 3 rings (SSSR count). The topological polar surface area (TPSA) is 85.7 Å². The van der Waals surface area contributed by atoms with Gasteiger partial charge in [-0.1, -0.05) is 30.3 Å². The lowest BCUT2D eigenvalue weighted by molar-refractivity contribution is 0.120. The SMILES string of the molecule is CC1(N)N=C(N)NC2=C1COCC2c1ccccc1. The molecule has 0 spiro atoms. The summed E-state index contributed by atoms with van der Waals surface area (Å²) in [4.78, 5) is 4.25. The van der Waals surface area contributed by atoms with Gasteiger partial charge in [0.2, 0.25) is 0 Å². The van der Waals surface area contributed by atoms with Crippen molar-refractivity contribution in [2.24, 2.45) is 16.5 Å². The Bertz CT molecular complexity index is 548. The minimum Gasteiger partial charge on any atom is -0.376 e. The van der Waals surface area contributed by atoms with Gasteiger partial charge in [0.25, 0.3) is 0 Å². The van der Waals surface area contributed by atoms with Gasteiger partial charge in [-0.25, -0.2) is 4.99 Å². The fraction of sp³-hybridized carbons (Fsp3) is 0.357. The highest BCUT2D eigenvalue weighted by Crippen LogP contribution is 2.35. The molecule has 0 bridgehead atoms. The lowest BCUT2D eigenvalue weighted by Crippen LogP contribution is -2.52. The predicted octanol–water partition coefficient (Wildman–Crippen LogP) is 0.647. The van der Waals surface area contributed by atoms with Gasteiger partial charge in [-0.15, -0.1) is 0 Å². The van der Waals surface area contributed by atoms with Crippen molar-refractivity contribution < 1.29 is 4.74 Å². The highest BCUT2D eigenvalue weighted by atomic mass is 16.5. The van der Waals surface area contributed by atoms with Gasteiger partial charge in [-0.3, -0.25) is 0 Å². The average molecular weight is 258 g/mol. The van der Waals surface area contributed by atoms with Crippen LogP contribution in [0.5, 0.6) is 0 Å². The van der Waals surface area contributed by atoms with Crippen molar-refractivity contribution >= 4 is 5.96 Å². The predicted molar refractivity (Wildman–Crippen MR) is 74.4 cm³/mol. The summed E-state index contributed by atoms with van der Waals surface area (Å²) < 4.78 is 5.69. The van der Waals surface area contributed by atoms with Crippen LogP contribution >= 0.6 is 0 Å². The Hall–Kier alpha value is -1.85. The number of nitrogens with one attached hydrogen (secondary N) is 1. The molecule has 0 radical (unpaired) electrons. The molecular formula is C14H18N4O. The smallest absolute Gasteiger partial charge is 0.195 e. The second-order valence-electron chi connectivity index (χ2n) is 5.14. The number of aliphatic imine (C=N–C) groups is 1. The van der Waals surface area contributed by atoms with E-state index in [2.05, 4.69) is 22.4 Å². The molecule has 5 nitrogen and oxygen atoms in total. The van der Waals surface area contributed by atoms with Gasteiger partial charge >= 0.3 is 0 Å². The number of nitrogens with zero attached hydrogens (tertiary/aromatic N) is 1. The van der Waals surface area contributed by atoms with Crippen molar-refractivity contribution in [2.45, 2.75) is 18.5 Å². The molecule has 2 aliphatic rings. The molecule has 1 aromatic carbocycles. The van der Waals surface area contributed by atoms with Crippen LogP contribution in [0.15, 0.2) is 46.6 Å². The first kappa shape index (κ1) is 12.2. The summed E-state index contributed by atoms with van der Waals surface area (Å²) in [6.45, 7) is 2.97. The molecule has 2 atom stereocenters. The maximum absolute atomic E-state index is 6.22. The van der Waals surface area contributed by atoms with E-state index in [-0.39, 0.29) is 5.92 Å². The molecule has 0 saturated carbocycles. The normalized spacial score (nSPS) is 30.4. The highest BCUT2D eigenvalue weighted by molar-refractivity contribution is 5.82. The van der Waals surface area contributed by atoms with Gasteiger partial charge < -0.3 is 21.5 Å². The molecule has 0 aromatic heterocycles. The van der Waals surface area contributed by atoms with E-state index >= 15 is 0 Å². The molecule has 2 unspecified atom stereocenters. The van der Waals surface area contributed by atoms with E-state index in [4.69, 9.17) is 16.2 Å². The third-order valence-corrected chi connectivity index (χ3v) is 3.63. The fourth-order valence-electron chi connectivity index (χ4n) is 2.66. The van der Waals surface area contributed by atoms with E-state index in [0.717, 1.165) is 11.3 Å². The first-order chi connectivity index (χ1) is 9.08. The maximum Gasteiger partial charge on any atom is 0.195 e. The van der Waals surface area contributed by atoms with Crippen molar-refractivity contribution in [1.29, 1.82) is 0 Å². The Balaban J connectivity index is 2.05. The van der Waals surface area contributed by atoms with Crippen molar-refractivity contribution in [2.75, 3.05) is 13.2 Å². The van der Waals surface area contributed by atoms with Crippen molar-refractivity contribution in [1.82, 2.24) is 5.32 Å². The molecule has 5 heteroatoms. The Morgan fingerprint density at radius 1 is 1.37 bits per heavy atom. The van der Waals surface area contributed by atoms with E-state index < -0.39 is 5.66 Å². The second kappa shape index (κ2) is 4.36. The van der Waals surface area contributed by atoms with E-state index in [0.29, 0.717) is 19.2 Å². The number of hydrogen-bond acceptors (Lipinski definition) is 5. The second-order valence-corrected chi connectivity index (χ2v) is 5.14. The van der Waals surface area contributed by atoms with Gasteiger partial charge in [0, 0.05) is 17.2 Å². The zero-order valence-corrected chi connectivity index (χ0v) is 10.9. The summed E-state index contributed by atoms with van der Waals surface area (Å²) in [5, 5.41) is 3.17. The van der Waals surface area contributed by atoms with Gasteiger partial charge in [0.05, 0.1) is 13.2 Å². The molecular weight excluding hydrogens is 240 g/mol. The molecule has 100 valence electrons. The standard InChI is InChI=1S/C14H18N4O/c1-14(16)11-8-19-7-10(9-5-3-2-4-6-9)12(11)17-13(15)18-14/h2-6,10H,7-8,16H2,1H3,(H3,15,17,18). The molecule has 0 fully saturated rings. The Morgan fingerprint density at radius 3 is 2.84 bits per heavy atom. The van der Waals surface area contributed by atoms with E-state index in [1.807, 2.05) is 25.1 Å². The van der Waals surface area contributed by atoms with Crippen molar-refractivity contribution in [3.05, 3.63) is 47.2 Å². The first-order valence-corrected chi connectivity index (χ1v) is 6.35. The number of rotatable bonds is 1. The third-order valence-electron chi connectivity index (χ3n) is 3.63. The van der Waals surface area contributed by atoms with Crippen LogP contribution in [-0.4, -0.2) is 24.8 Å². The Labute approximate surface area is 112 Å². The molecule has 19 heavy (non-hydrogen) atoms. The van der Waals surface area contributed by atoms with Crippen LogP contribution in [0, 0.1) is 0 Å². The van der Waals surface area contributed by atoms with Crippen LogP contribution < -0.4 is 16.8 Å². The zero-order chi connectivity index (χ0) is 13.5. The molecule has 5 N–H and O–H groups in total. The van der Waals surface area contributed by atoms with Crippen LogP contribution in [-0.2, 0) is 4.74 Å². The van der Waals surface area contributed by atoms with Crippen LogP contribution in [0.4, 0.5) is 0 Å². The summed E-state index contributed by atoms with van der Waals surface area (Å²) in [6.07, 6.45) is 0. The number of nitrogens with two attached hydrogens (primary N) is 2. The molecule has 1 aromatic rings. The first-order valence-electron chi connectivity index (χ1n) is 6.35. The lowest BCUT2D eigenvalue weighted by atomic mass is 9.87. The Morgan fingerprint density at radius 2 is 2.11 bits per heavy atom. The molecule has 0 amide bonds. The number of hydrogen-bond donors (Lipinski definition) is 3. The van der Waals surface area contributed by atoms with Crippen LogP contribution in [0.25, 0.3) is 0 Å². The minimum atomic E-state index is -0.794. The summed E-state index contributed by atoms with van der Waals surface area (Å²) >= 11 is 0.